The predicted molar refractivity (Wildman–Crippen MR) is 74.2 cm³/mol. The molecule has 0 bridgehead atoms. The summed E-state index contributed by atoms with van der Waals surface area (Å²) in [5.41, 5.74) is 1.75. The molecule has 0 radical (unpaired) electrons. The minimum atomic E-state index is -0.443. The molecule has 1 saturated heterocycles. The van der Waals surface area contributed by atoms with E-state index in [0.29, 0.717) is 13.0 Å². The molecule has 102 valence electrons. The molecule has 1 N–H and O–H groups in total. The number of benzene rings is 1. The van der Waals surface area contributed by atoms with Crippen molar-refractivity contribution < 1.29 is 9.90 Å². The number of fused-ring (bicyclic) bond motifs is 1. The summed E-state index contributed by atoms with van der Waals surface area (Å²) in [4.78, 5) is 16.4. The van der Waals surface area contributed by atoms with Crippen LogP contribution in [-0.2, 0) is 0 Å². The Morgan fingerprint density at radius 3 is 2.63 bits per heavy atom. The number of amides is 2. The predicted octanol–water partition coefficient (Wildman–Crippen LogP) is 2.54. The van der Waals surface area contributed by atoms with Crippen molar-refractivity contribution in [2.75, 3.05) is 24.5 Å². The third-order valence-corrected chi connectivity index (χ3v) is 4.07. The second-order valence-corrected chi connectivity index (χ2v) is 5.35. The van der Waals surface area contributed by atoms with Gasteiger partial charge in [0.25, 0.3) is 0 Å². The number of likely N-dealkylation sites (tertiary alicyclic amines) is 1. The summed E-state index contributed by atoms with van der Waals surface area (Å²) in [7, 11) is 0. The van der Waals surface area contributed by atoms with Crippen LogP contribution in [-0.4, -0.2) is 35.7 Å². The van der Waals surface area contributed by atoms with Gasteiger partial charge in [-0.15, -0.1) is 0 Å². The van der Waals surface area contributed by atoms with E-state index in [9.17, 15) is 9.90 Å². The van der Waals surface area contributed by atoms with E-state index in [1.807, 2.05) is 34.1 Å². The van der Waals surface area contributed by atoms with Crippen molar-refractivity contribution in [2.24, 2.45) is 0 Å². The summed E-state index contributed by atoms with van der Waals surface area (Å²) in [5.74, 6) is 0. The molecule has 1 aromatic carbocycles. The number of urea groups is 1. The molecule has 0 saturated carbocycles. The fourth-order valence-corrected chi connectivity index (χ4v) is 3.00. The lowest BCUT2D eigenvalue weighted by Gasteiger charge is -2.37. The van der Waals surface area contributed by atoms with Crippen molar-refractivity contribution in [3.63, 3.8) is 0 Å². The Kier molecular flexibility index (Phi) is 3.42. The van der Waals surface area contributed by atoms with Gasteiger partial charge in [-0.05, 0) is 31.7 Å². The molecule has 0 aromatic heterocycles. The number of hydrogen-bond donors (Lipinski definition) is 1. The van der Waals surface area contributed by atoms with Crippen LogP contribution in [0.2, 0.25) is 0 Å². The van der Waals surface area contributed by atoms with E-state index < -0.39 is 6.10 Å². The van der Waals surface area contributed by atoms with Crippen molar-refractivity contribution in [1.29, 1.82) is 0 Å². The molecule has 2 heterocycles. The van der Waals surface area contributed by atoms with Crippen LogP contribution in [0.4, 0.5) is 10.5 Å². The largest absolute Gasteiger partial charge is 0.388 e. The molecule has 0 aliphatic carbocycles. The number of para-hydroxylation sites is 1. The zero-order valence-electron chi connectivity index (χ0n) is 11.1. The summed E-state index contributed by atoms with van der Waals surface area (Å²) in [5, 5.41) is 10.0. The van der Waals surface area contributed by atoms with Crippen LogP contribution in [0.25, 0.3) is 0 Å². The Bertz CT molecular complexity index is 469. The highest BCUT2D eigenvalue weighted by atomic mass is 16.3. The van der Waals surface area contributed by atoms with E-state index in [0.717, 1.165) is 37.2 Å². The molecule has 19 heavy (non-hydrogen) atoms. The highest BCUT2D eigenvalue weighted by Gasteiger charge is 2.30. The van der Waals surface area contributed by atoms with Crippen molar-refractivity contribution >= 4 is 11.7 Å². The third kappa shape index (κ3) is 2.32. The molecule has 1 fully saturated rings. The Morgan fingerprint density at radius 2 is 1.84 bits per heavy atom. The lowest BCUT2D eigenvalue weighted by atomic mass is 9.99. The maximum absolute atomic E-state index is 12.6. The zero-order chi connectivity index (χ0) is 13.2. The second kappa shape index (κ2) is 5.21. The molecule has 4 heteroatoms. The third-order valence-electron chi connectivity index (χ3n) is 4.07. The number of nitrogens with zero attached hydrogens (tertiary/aromatic N) is 2. The van der Waals surface area contributed by atoms with Crippen LogP contribution in [0, 0.1) is 0 Å². The fourth-order valence-electron chi connectivity index (χ4n) is 3.00. The van der Waals surface area contributed by atoms with Gasteiger partial charge in [-0.2, -0.15) is 0 Å². The molecule has 1 unspecified atom stereocenters. The Hall–Kier alpha value is -1.55. The van der Waals surface area contributed by atoms with Gasteiger partial charge in [0, 0.05) is 25.2 Å². The molecule has 3 rings (SSSR count). The van der Waals surface area contributed by atoms with Gasteiger partial charge in [-0.25, -0.2) is 4.79 Å². The molecule has 1 atom stereocenters. The van der Waals surface area contributed by atoms with Crippen molar-refractivity contribution in [3.8, 4) is 0 Å². The highest BCUT2D eigenvalue weighted by Crippen LogP contribution is 2.34. The number of aliphatic hydroxyl groups excluding tert-OH is 1. The van der Waals surface area contributed by atoms with E-state index in [1.165, 1.54) is 6.42 Å². The fraction of sp³-hybridized carbons (Fsp3) is 0.533. The van der Waals surface area contributed by atoms with Gasteiger partial charge in [0.1, 0.15) is 0 Å². The average molecular weight is 260 g/mol. The van der Waals surface area contributed by atoms with Crippen LogP contribution in [0.3, 0.4) is 0 Å². The monoisotopic (exact) mass is 260 g/mol. The lowest BCUT2D eigenvalue weighted by Crippen LogP contribution is -2.47. The minimum Gasteiger partial charge on any atom is -0.388 e. The van der Waals surface area contributed by atoms with E-state index in [-0.39, 0.29) is 6.03 Å². The van der Waals surface area contributed by atoms with Gasteiger partial charge in [0.05, 0.1) is 11.8 Å². The quantitative estimate of drug-likeness (QED) is 0.779. The first-order valence-electron chi connectivity index (χ1n) is 7.11. The maximum Gasteiger partial charge on any atom is 0.324 e. The van der Waals surface area contributed by atoms with Crippen molar-refractivity contribution in [2.45, 2.75) is 31.8 Å². The van der Waals surface area contributed by atoms with Gasteiger partial charge in [0.2, 0.25) is 0 Å². The van der Waals surface area contributed by atoms with Crippen LogP contribution in [0.5, 0.6) is 0 Å². The summed E-state index contributed by atoms with van der Waals surface area (Å²) < 4.78 is 0. The molecular weight excluding hydrogens is 240 g/mol. The van der Waals surface area contributed by atoms with Crippen LogP contribution in [0.1, 0.15) is 37.4 Å². The van der Waals surface area contributed by atoms with Gasteiger partial charge in [0.15, 0.2) is 0 Å². The smallest absolute Gasteiger partial charge is 0.324 e. The van der Waals surface area contributed by atoms with Crippen molar-refractivity contribution in [1.82, 2.24) is 4.90 Å². The van der Waals surface area contributed by atoms with Crippen LogP contribution < -0.4 is 4.90 Å². The van der Waals surface area contributed by atoms with E-state index >= 15 is 0 Å². The van der Waals surface area contributed by atoms with Crippen LogP contribution in [0.15, 0.2) is 24.3 Å². The normalized spacial score (nSPS) is 23.1. The number of hydrogen-bond acceptors (Lipinski definition) is 2. The Labute approximate surface area is 113 Å². The summed E-state index contributed by atoms with van der Waals surface area (Å²) in [6.45, 7) is 2.33. The van der Waals surface area contributed by atoms with Crippen molar-refractivity contribution in [3.05, 3.63) is 29.8 Å². The molecule has 2 aliphatic rings. The lowest BCUT2D eigenvalue weighted by molar-refractivity contribution is 0.159. The Morgan fingerprint density at radius 1 is 1.11 bits per heavy atom. The summed E-state index contributed by atoms with van der Waals surface area (Å²) >= 11 is 0. The number of anilines is 1. The first-order chi connectivity index (χ1) is 9.27. The number of carbonyl (C=O) groups excluding carboxylic acids is 1. The van der Waals surface area contributed by atoms with Crippen LogP contribution >= 0.6 is 0 Å². The average Bonchev–Trinajstić information content (AvgIpc) is 2.48. The first kappa shape index (κ1) is 12.5. The molecule has 0 spiro atoms. The molecule has 2 amide bonds. The van der Waals surface area contributed by atoms with Gasteiger partial charge < -0.3 is 10.0 Å². The number of aliphatic hydroxyl groups is 1. The summed E-state index contributed by atoms with van der Waals surface area (Å²) in [6, 6.07) is 7.78. The molecule has 2 aliphatic heterocycles. The van der Waals surface area contributed by atoms with Gasteiger partial charge >= 0.3 is 6.03 Å². The van der Waals surface area contributed by atoms with Gasteiger partial charge in [-0.1, -0.05) is 18.2 Å². The number of piperidine rings is 1. The first-order valence-corrected chi connectivity index (χ1v) is 7.11. The molecular formula is C15H20N2O2. The molecule has 4 nitrogen and oxygen atoms in total. The number of carbonyl (C=O) groups is 1. The maximum atomic E-state index is 12.6. The summed E-state index contributed by atoms with van der Waals surface area (Å²) in [6.07, 6.45) is 3.60. The van der Waals surface area contributed by atoms with E-state index in [2.05, 4.69) is 0 Å². The number of rotatable bonds is 0. The second-order valence-electron chi connectivity index (χ2n) is 5.35. The van der Waals surface area contributed by atoms with E-state index in [4.69, 9.17) is 0 Å². The van der Waals surface area contributed by atoms with E-state index in [1.54, 1.807) is 0 Å². The Balaban J connectivity index is 1.85. The highest BCUT2D eigenvalue weighted by molar-refractivity contribution is 5.93. The molecule has 1 aromatic rings. The topological polar surface area (TPSA) is 43.8 Å². The minimum absolute atomic E-state index is 0.0963. The standard InChI is InChI=1S/C15H20N2O2/c18-14-8-11-17(13-7-3-2-6-12(13)14)15(19)16-9-4-1-5-10-16/h2-3,6-7,14,18H,1,4-5,8-11H2. The van der Waals surface area contributed by atoms with Gasteiger partial charge in [-0.3, -0.25) is 4.90 Å². The zero-order valence-corrected chi connectivity index (χ0v) is 11.1. The SMILES string of the molecule is O=C(N1CCCCC1)N1CCC(O)c2ccccc21.